The first-order chi connectivity index (χ1) is 14.1. The van der Waals surface area contributed by atoms with E-state index in [2.05, 4.69) is 52.1 Å². The zero-order chi connectivity index (χ0) is 22.2. The number of carbonyl (C=O) groups is 2. The van der Waals surface area contributed by atoms with E-state index in [4.69, 9.17) is 4.74 Å². The summed E-state index contributed by atoms with van der Waals surface area (Å²) < 4.78 is 5.54. The van der Waals surface area contributed by atoms with Crippen LogP contribution in [0.3, 0.4) is 0 Å². The fraction of sp³-hybridized carbons (Fsp3) is 0.760. The van der Waals surface area contributed by atoms with E-state index in [1.54, 1.807) is 7.11 Å². The summed E-state index contributed by atoms with van der Waals surface area (Å²) in [5, 5.41) is 13.9. The van der Waals surface area contributed by atoms with Gasteiger partial charge in [-0.25, -0.2) is 0 Å². The van der Waals surface area contributed by atoms with Crippen molar-refractivity contribution >= 4 is 11.7 Å². The summed E-state index contributed by atoms with van der Waals surface area (Å²) in [7, 11) is 1.54. The van der Waals surface area contributed by atoms with Crippen LogP contribution in [0.1, 0.15) is 66.7 Å². The van der Waals surface area contributed by atoms with Crippen molar-refractivity contribution < 1.29 is 19.4 Å². The third-order valence-corrected chi connectivity index (χ3v) is 7.72. The summed E-state index contributed by atoms with van der Waals surface area (Å²) in [6.07, 6.45) is 6.21. The van der Waals surface area contributed by atoms with E-state index in [-0.39, 0.29) is 41.9 Å². The summed E-state index contributed by atoms with van der Waals surface area (Å²) in [5.41, 5.74) is 1.30. The molecule has 168 valence electrons. The van der Waals surface area contributed by atoms with Crippen molar-refractivity contribution in [3.8, 4) is 0 Å². The molecule has 0 radical (unpaired) electrons. The maximum atomic E-state index is 14.0. The molecule has 0 aromatic rings. The molecular weight excluding hydrogens is 378 g/mol. The Hall–Kier alpha value is -1.46. The molecule has 3 aliphatic rings. The first-order valence-corrected chi connectivity index (χ1v) is 11.5. The average Bonchev–Trinajstić information content (AvgIpc) is 2.94. The monoisotopic (exact) mass is 417 g/mol. The molecule has 0 saturated carbocycles. The van der Waals surface area contributed by atoms with Crippen molar-refractivity contribution in [2.24, 2.45) is 29.1 Å². The molecule has 1 heterocycles. The van der Waals surface area contributed by atoms with Crippen LogP contribution in [0.5, 0.6) is 0 Å². The zero-order valence-electron chi connectivity index (χ0n) is 19.4. The molecule has 1 amide bonds. The Morgan fingerprint density at radius 2 is 1.97 bits per heavy atom. The number of carbonyl (C=O) groups excluding carboxylic acids is 2. The number of hydrogen-bond acceptors (Lipinski definition) is 4. The molecule has 1 fully saturated rings. The predicted molar refractivity (Wildman–Crippen MR) is 118 cm³/mol. The van der Waals surface area contributed by atoms with Gasteiger partial charge in [0.2, 0.25) is 5.91 Å². The first kappa shape index (κ1) is 23.2. The number of Topliss-reactive ketones (excluding diaryl/α,β-unsaturated/α-hetero) is 1. The van der Waals surface area contributed by atoms with E-state index in [0.717, 1.165) is 19.3 Å². The van der Waals surface area contributed by atoms with Crippen LogP contribution in [0.15, 0.2) is 23.3 Å². The standard InChI is InChI=1S/C25H39NO4/c1-14(2)10-19-23-17(5)16(4)12-18-11-15(3)8-7-9-20(27)21(30-6)13-22(28)25(18,23)24(29)26-19/h11-12,14,17-21,23,27H,7-10,13H2,1-6H3,(H,26,29)/b15-11-/t17-,18-,19-,20+,21-,23+,25+/m1/s1. The van der Waals surface area contributed by atoms with E-state index in [9.17, 15) is 14.7 Å². The quantitative estimate of drug-likeness (QED) is 0.541. The Bertz CT molecular complexity index is 739. The molecule has 1 aliphatic heterocycles. The van der Waals surface area contributed by atoms with E-state index in [0.29, 0.717) is 12.3 Å². The molecule has 1 spiro atoms. The highest BCUT2D eigenvalue weighted by molar-refractivity contribution is 6.09. The predicted octanol–water partition coefficient (Wildman–Crippen LogP) is 3.81. The molecular formula is C25H39NO4. The molecule has 5 heteroatoms. The maximum Gasteiger partial charge on any atom is 0.235 e. The van der Waals surface area contributed by atoms with Crippen molar-refractivity contribution in [3.63, 3.8) is 0 Å². The van der Waals surface area contributed by atoms with Gasteiger partial charge >= 0.3 is 0 Å². The smallest absolute Gasteiger partial charge is 0.235 e. The van der Waals surface area contributed by atoms with E-state index >= 15 is 0 Å². The van der Waals surface area contributed by atoms with Crippen molar-refractivity contribution in [2.45, 2.75) is 85.0 Å². The molecule has 0 aromatic heterocycles. The number of hydrogen-bond donors (Lipinski definition) is 2. The lowest BCUT2D eigenvalue weighted by Gasteiger charge is -2.45. The summed E-state index contributed by atoms with van der Waals surface area (Å²) in [4.78, 5) is 27.6. The van der Waals surface area contributed by atoms with Crippen LogP contribution in [0, 0.1) is 29.1 Å². The minimum Gasteiger partial charge on any atom is -0.390 e. The van der Waals surface area contributed by atoms with Gasteiger partial charge in [-0.1, -0.05) is 44.1 Å². The van der Waals surface area contributed by atoms with Gasteiger partial charge in [-0.3, -0.25) is 9.59 Å². The lowest BCUT2D eigenvalue weighted by atomic mass is 9.54. The molecule has 2 N–H and O–H groups in total. The fourth-order valence-corrected chi connectivity index (χ4v) is 6.10. The molecule has 30 heavy (non-hydrogen) atoms. The van der Waals surface area contributed by atoms with Crippen LogP contribution in [-0.2, 0) is 14.3 Å². The molecule has 1 saturated heterocycles. The van der Waals surface area contributed by atoms with Crippen molar-refractivity contribution in [1.29, 1.82) is 0 Å². The van der Waals surface area contributed by atoms with Crippen molar-refractivity contribution in [3.05, 3.63) is 23.3 Å². The van der Waals surface area contributed by atoms with Gasteiger partial charge in [0.1, 0.15) is 5.41 Å². The molecule has 2 aliphatic carbocycles. The van der Waals surface area contributed by atoms with E-state index < -0.39 is 17.6 Å². The van der Waals surface area contributed by atoms with Crippen LogP contribution < -0.4 is 5.32 Å². The number of allylic oxidation sites excluding steroid dienone is 4. The second-order valence-electron chi connectivity index (χ2n) is 10.2. The Labute approximate surface area is 181 Å². The SMILES string of the molecule is CO[C@@H]1CC(=O)[C@]23C(=O)N[C@H](CC(C)C)[C@@H]2[C@H](C)C(C)=C[C@H]3/C=C(/C)CCC[C@@H]1O. The third-order valence-electron chi connectivity index (χ3n) is 7.72. The number of amides is 1. The van der Waals surface area contributed by atoms with Crippen LogP contribution in [-0.4, -0.2) is 42.2 Å². The van der Waals surface area contributed by atoms with Gasteiger partial charge in [0.15, 0.2) is 5.78 Å². The van der Waals surface area contributed by atoms with Gasteiger partial charge in [-0.2, -0.15) is 0 Å². The molecule has 0 aromatic carbocycles. The van der Waals surface area contributed by atoms with E-state index in [1.165, 1.54) is 11.1 Å². The topological polar surface area (TPSA) is 75.6 Å². The summed E-state index contributed by atoms with van der Waals surface area (Å²) in [6.45, 7) is 10.7. The van der Waals surface area contributed by atoms with Crippen LogP contribution >= 0.6 is 0 Å². The van der Waals surface area contributed by atoms with Crippen LogP contribution in [0.4, 0.5) is 0 Å². The van der Waals surface area contributed by atoms with E-state index in [1.807, 2.05) is 0 Å². The Balaban J connectivity index is 2.18. The van der Waals surface area contributed by atoms with Gasteiger partial charge in [-0.15, -0.1) is 0 Å². The van der Waals surface area contributed by atoms with Crippen molar-refractivity contribution in [1.82, 2.24) is 5.32 Å². The van der Waals surface area contributed by atoms with Crippen LogP contribution in [0.2, 0.25) is 0 Å². The largest absolute Gasteiger partial charge is 0.390 e. The summed E-state index contributed by atoms with van der Waals surface area (Å²) in [5.74, 6) is -0.0146. The fourth-order valence-electron chi connectivity index (χ4n) is 6.10. The van der Waals surface area contributed by atoms with Gasteiger partial charge in [0.25, 0.3) is 0 Å². The van der Waals surface area contributed by atoms with Gasteiger partial charge in [-0.05, 0) is 51.4 Å². The minimum atomic E-state index is -1.12. The highest BCUT2D eigenvalue weighted by Gasteiger charge is 2.65. The van der Waals surface area contributed by atoms with Crippen molar-refractivity contribution in [2.75, 3.05) is 7.11 Å². The molecule has 0 bridgehead atoms. The lowest BCUT2D eigenvalue weighted by molar-refractivity contribution is -0.148. The number of aliphatic hydroxyl groups is 1. The molecule has 0 unspecified atom stereocenters. The highest BCUT2D eigenvalue weighted by atomic mass is 16.5. The Morgan fingerprint density at radius 1 is 1.27 bits per heavy atom. The third kappa shape index (κ3) is 3.91. The number of methoxy groups -OCH3 is 1. The number of nitrogens with one attached hydrogen (secondary N) is 1. The highest BCUT2D eigenvalue weighted by Crippen LogP contribution is 2.55. The number of aliphatic hydroxyl groups excluding tert-OH is 1. The molecule has 7 atom stereocenters. The summed E-state index contributed by atoms with van der Waals surface area (Å²) >= 11 is 0. The molecule has 5 nitrogen and oxygen atoms in total. The number of rotatable bonds is 3. The second kappa shape index (κ2) is 8.96. The average molecular weight is 418 g/mol. The second-order valence-corrected chi connectivity index (χ2v) is 10.2. The van der Waals surface area contributed by atoms with Crippen LogP contribution in [0.25, 0.3) is 0 Å². The van der Waals surface area contributed by atoms with Gasteiger partial charge < -0.3 is 15.2 Å². The number of ketones is 1. The van der Waals surface area contributed by atoms with Gasteiger partial charge in [0, 0.05) is 31.4 Å². The Morgan fingerprint density at radius 3 is 2.60 bits per heavy atom. The number of ether oxygens (including phenoxy) is 1. The Kier molecular flexibility index (Phi) is 6.93. The first-order valence-electron chi connectivity index (χ1n) is 11.5. The summed E-state index contributed by atoms with van der Waals surface area (Å²) in [6, 6.07) is -0.0210. The zero-order valence-corrected chi connectivity index (χ0v) is 19.4. The maximum absolute atomic E-state index is 14.0. The minimum absolute atomic E-state index is 0.0210. The van der Waals surface area contributed by atoms with Gasteiger partial charge in [0.05, 0.1) is 12.2 Å². The molecule has 3 rings (SSSR count). The normalized spacial score (nSPS) is 41.9. The lowest BCUT2D eigenvalue weighted by Crippen LogP contribution is -2.53.